The van der Waals surface area contributed by atoms with Crippen LogP contribution in [0.2, 0.25) is 0 Å². The third-order valence-corrected chi connectivity index (χ3v) is 5.46. The van der Waals surface area contributed by atoms with Crippen LogP contribution in [0.5, 0.6) is 11.5 Å². The van der Waals surface area contributed by atoms with Crippen molar-refractivity contribution in [2.75, 3.05) is 11.5 Å². The SMILES string of the molecule is O=S(=O)(Nc1ccc(C([O-])=Nc2ccc3c(c2)OCO3)cc1)c1cccc(F)c1. The Bertz CT molecular complexity index is 1190. The van der Waals surface area contributed by atoms with Crippen LogP contribution in [-0.4, -0.2) is 21.1 Å². The molecule has 0 saturated heterocycles. The number of nitrogens with one attached hydrogen (secondary N) is 1. The van der Waals surface area contributed by atoms with Gasteiger partial charge in [0.15, 0.2) is 11.5 Å². The number of halogens is 1. The van der Waals surface area contributed by atoms with E-state index in [1.54, 1.807) is 18.2 Å². The monoisotopic (exact) mass is 413 g/mol. The Morgan fingerprint density at radius 1 is 1.00 bits per heavy atom. The number of benzene rings is 3. The molecule has 9 heteroatoms. The summed E-state index contributed by atoms with van der Waals surface area (Å²) in [5.41, 5.74) is 0.917. The van der Waals surface area contributed by atoms with E-state index in [4.69, 9.17) is 9.47 Å². The van der Waals surface area contributed by atoms with Crippen LogP contribution in [0.4, 0.5) is 15.8 Å². The molecule has 3 aromatic rings. The number of sulfonamides is 1. The molecule has 1 aliphatic rings. The first-order valence-corrected chi connectivity index (χ1v) is 9.93. The van der Waals surface area contributed by atoms with E-state index in [9.17, 15) is 17.9 Å². The molecule has 0 atom stereocenters. The predicted molar refractivity (Wildman–Crippen MR) is 102 cm³/mol. The van der Waals surface area contributed by atoms with Gasteiger partial charge in [0.1, 0.15) is 5.82 Å². The maximum Gasteiger partial charge on any atom is 0.261 e. The van der Waals surface area contributed by atoms with Crippen molar-refractivity contribution in [3.8, 4) is 11.5 Å². The summed E-state index contributed by atoms with van der Waals surface area (Å²) >= 11 is 0. The molecule has 1 aliphatic heterocycles. The fraction of sp³-hybridized carbons (Fsp3) is 0.0500. The largest absolute Gasteiger partial charge is 0.858 e. The molecule has 0 aliphatic carbocycles. The number of rotatable bonds is 5. The molecule has 1 heterocycles. The van der Waals surface area contributed by atoms with Gasteiger partial charge in [-0.1, -0.05) is 18.2 Å². The molecule has 1 N–H and O–H groups in total. The van der Waals surface area contributed by atoms with Crippen LogP contribution in [-0.2, 0) is 10.0 Å². The zero-order chi connectivity index (χ0) is 20.4. The minimum atomic E-state index is -3.95. The van der Waals surface area contributed by atoms with E-state index in [-0.39, 0.29) is 22.9 Å². The molecule has 148 valence electrons. The maximum atomic E-state index is 13.3. The minimum Gasteiger partial charge on any atom is -0.858 e. The van der Waals surface area contributed by atoms with Gasteiger partial charge >= 0.3 is 0 Å². The van der Waals surface area contributed by atoms with Crippen molar-refractivity contribution < 1.29 is 27.4 Å². The molecule has 0 aromatic heterocycles. The van der Waals surface area contributed by atoms with Crippen LogP contribution in [0.3, 0.4) is 0 Å². The molecule has 4 rings (SSSR count). The van der Waals surface area contributed by atoms with Gasteiger partial charge in [-0.25, -0.2) is 12.8 Å². The molecule has 0 unspecified atom stereocenters. The fourth-order valence-corrected chi connectivity index (χ4v) is 3.76. The third-order valence-electron chi connectivity index (χ3n) is 4.08. The molecule has 0 saturated carbocycles. The number of anilines is 1. The first kappa shape index (κ1) is 18.8. The summed E-state index contributed by atoms with van der Waals surface area (Å²) in [6.07, 6.45) is 0. The predicted octanol–water partition coefficient (Wildman–Crippen LogP) is 2.79. The summed E-state index contributed by atoms with van der Waals surface area (Å²) in [5.74, 6) is -0.0464. The van der Waals surface area contributed by atoms with Crippen molar-refractivity contribution in [3.05, 3.63) is 78.1 Å². The maximum absolute atomic E-state index is 13.3. The van der Waals surface area contributed by atoms with Crippen molar-refractivity contribution in [3.63, 3.8) is 0 Å². The number of hydrogen-bond acceptors (Lipinski definition) is 6. The zero-order valence-corrected chi connectivity index (χ0v) is 15.6. The number of nitrogens with zero attached hydrogens (tertiary/aromatic N) is 1. The number of ether oxygens (including phenoxy) is 2. The fourth-order valence-electron chi connectivity index (χ4n) is 2.67. The Morgan fingerprint density at radius 3 is 2.52 bits per heavy atom. The lowest BCUT2D eigenvalue weighted by atomic mass is 10.2. The van der Waals surface area contributed by atoms with E-state index >= 15 is 0 Å². The van der Waals surface area contributed by atoms with Crippen molar-refractivity contribution in [2.24, 2.45) is 4.99 Å². The van der Waals surface area contributed by atoms with E-state index in [0.717, 1.165) is 12.1 Å². The Hall–Kier alpha value is -3.59. The van der Waals surface area contributed by atoms with Gasteiger partial charge in [-0.15, -0.1) is 0 Å². The van der Waals surface area contributed by atoms with E-state index in [1.165, 1.54) is 36.4 Å². The Morgan fingerprint density at radius 2 is 1.76 bits per heavy atom. The average molecular weight is 413 g/mol. The zero-order valence-electron chi connectivity index (χ0n) is 14.8. The molecule has 0 spiro atoms. The van der Waals surface area contributed by atoms with Crippen LogP contribution in [0, 0.1) is 5.82 Å². The smallest absolute Gasteiger partial charge is 0.261 e. The second-order valence-corrected chi connectivity index (χ2v) is 7.78. The lowest BCUT2D eigenvalue weighted by Crippen LogP contribution is -2.18. The van der Waals surface area contributed by atoms with Crippen LogP contribution in [0.15, 0.2) is 76.6 Å². The highest BCUT2D eigenvalue weighted by Gasteiger charge is 2.15. The van der Waals surface area contributed by atoms with Gasteiger partial charge in [-0.2, -0.15) is 0 Å². The third kappa shape index (κ3) is 4.14. The van der Waals surface area contributed by atoms with E-state index < -0.39 is 21.7 Å². The molecular weight excluding hydrogens is 399 g/mol. The lowest BCUT2D eigenvalue weighted by Gasteiger charge is -2.13. The summed E-state index contributed by atoms with van der Waals surface area (Å²) in [7, 11) is -3.95. The molecule has 7 nitrogen and oxygen atoms in total. The van der Waals surface area contributed by atoms with Gasteiger partial charge in [0.25, 0.3) is 10.0 Å². The highest BCUT2D eigenvalue weighted by Crippen LogP contribution is 2.35. The molecular formula is C20H14FN2O5S-. The highest BCUT2D eigenvalue weighted by molar-refractivity contribution is 7.92. The van der Waals surface area contributed by atoms with Crippen molar-refractivity contribution in [1.82, 2.24) is 0 Å². The summed E-state index contributed by atoms with van der Waals surface area (Å²) in [5, 5.41) is 12.4. The van der Waals surface area contributed by atoms with Crippen molar-refractivity contribution >= 4 is 27.3 Å². The second-order valence-electron chi connectivity index (χ2n) is 6.09. The van der Waals surface area contributed by atoms with Gasteiger partial charge < -0.3 is 14.6 Å². The average Bonchev–Trinajstić information content (AvgIpc) is 3.16. The quantitative estimate of drug-likeness (QED) is 0.512. The first-order chi connectivity index (χ1) is 13.9. The van der Waals surface area contributed by atoms with Crippen LogP contribution < -0.4 is 19.3 Å². The standard InChI is InChI=1S/C20H15FN2O5S/c21-14-2-1-3-17(10-14)29(25,26)23-15-6-4-13(5-7-15)20(24)22-16-8-9-18-19(11-16)28-12-27-18/h1-11,23H,12H2,(H,22,24)/p-1. The van der Waals surface area contributed by atoms with Crippen molar-refractivity contribution in [1.29, 1.82) is 0 Å². The molecule has 0 radical (unpaired) electrons. The summed E-state index contributed by atoms with van der Waals surface area (Å²) in [6, 6.07) is 15.3. The summed E-state index contributed by atoms with van der Waals surface area (Å²) in [4.78, 5) is 3.81. The topological polar surface area (TPSA) is 100 Å². The number of fused-ring (bicyclic) bond motifs is 1. The number of aliphatic imine (C=N–C) groups is 1. The Balaban J connectivity index is 1.51. The highest BCUT2D eigenvalue weighted by atomic mass is 32.2. The molecule has 0 fully saturated rings. The van der Waals surface area contributed by atoms with Gasteiger partial charge in [0, 0.05) is 11.8 Å². The van der Waals surface area contributed by atoms with Crippen LogP contribution in [0.1, 0.15) is 5.56 Å². The molecule has 0 amide bonds. The van der Waals surface area contributed by atoms with Crippen LogP contribution in [0.25, 0.3) is 0 Å². The minimum absolute atomic E-state index is 0.125. The Kier molecular flexibility index (Phi) is 4.81. The lowest BCUT2D eigenvalue weighted by molar-refractivity contribution is -0.212. The van der Waals surface area contributed by atoms with Gasteiger partial charge in [0.05, 0.1) is 10.6 Å². The Labute approximate surface area is 166 Å². The summed E-state index contributed by atoms with van der Waals surface area (Å²) < 4.78 is 50.7. The molecule has 3 aromatic carbocycles. The molecule has 0 bridgehead atoms. The first-order valence-electron chi connectivity index (χ1n) is 8.45. The summed E-state index contributed by atoms with van der Waals surface area (Å²) in [6.45, 7) is 0.125. The van der Waals surface area contributed by atoms with Crippen molar-refractivity contribution in [2.45, 2.75) is 4.90 Å². The van der Waals surface area contributed by atoms with Gasteiger partial charge in [0.2, 0.25) is 6.79 Å². The number of hydrogen-bond donors (Lipinski definition) is 1. The van der Waals surface area contributed by atoms with Gasteiger partial charge in [-0.05, 0) is 53.9 Å². The molecule has 29 heavy (non-hydrogen) atoms. The normalized spacial score (nSPS) is 13.3. The second kappa shape index (κ2) is 7.44. The van der Waals surface area contributed by atoms with E-state index in [1.807, 2.05) is 0 Å². The van der Waals surface area contributed by atoms with E-state index in [0.29, 0.717) is 17.2 Å². The van der Waals surface area contributed by atoms with Crippen LogP contribution >= 0.6 is 0 Å². The van der Waals surface area contributed by atoms with E-state index in [2.05, 4.69) is 9.71 Å². The van der Waals surface area contributed by atoms with Gasteiger partial charge in [-0.3, -0.25) is 9.71 Å².